The van der Waals surface area contributed by atoms with Gasteiger partial charge in [0.25, 0.3) is 0 Å². The first-order valence-electron chi connectivity index (χ1n) is 13.6. The van der Waals surface area contributed by atoms with Crippen LogP contribution in [-0.4, -0.2) is 50.4 Å². The normalized spacial score (nSPS) is 46.9. The molecular formula is C27H44N4O3. The molecule has 4 aliphatic rings. The van der Waals surface area contributed by atoms with E-state index in [0.717, 1.165) is 44.9 Å². The van der Waals surface area contributed by atoms with Crippen LogP contribution in [0.3, 0.4) is 0 Å². The zero-order valence-corrected chi connectivity index (χ0v) is 21.8. The van der Waals surface area contributed by atoms with Gasteiger partial charge in [0.05, 0.1) is 18.2 Å². The molecule has 1 unspecified atom stereocenters. The molecule has 1 heterocycles. The minimum atomic E-state index is -0.550. The van der Waals surface area contributed by atoms with Crippen LogP contribution in [0, 0.1) is 46.8 Å². The Bertz CT molecular complexity index is 917. The molecule has 1 N–H and O–H groups in total. The highest BCUT2D eigenvalue weighted by Crippen LogP contribution is 2.71. The van der Waals surface area contributed by atoms with Crippen molar-refractivity contribution in [2.75, 3.05) is 7.11 Å². The van der Waals surface area contributed by atoms with Crippen molar-refractivity contribution in [1.29, 1.82) is 0 Å². The number of aliphatic hydroxyl groups is 1. The molecule has 0 amide bonds. The fourth-order valence-corrected chi connectivity index (χ4v) is 9.73. The second-order valence-electron chi connectivity index (χ2n) is 12.8. The number of tetrazole rings is 1. The predicted octanol–water partition coefficient (Wildman–Crippen LogP) is 4.37. The molecule has 190 valence electrons. The standard InChI is InChI=1S/C27H44N4O3/c1-18(34-5)27-13-12-24(3,33)16-20(27)6-7-21-22-9-11-26(17-32,25(22,4)10-8-23(21)27)14-15-31-29-19(2)28-30-31/h17-18,20-23,33H,6-16H2,1-5H3/t18?,20-,21+,22+,23+,24-,25+,26+,27-/m1/s1. The number of rotatable bonds is 6. The summed E-state index contributed by atoms with van der Waals surface area (Å²) in [5.74, 6) is 3.04. The van der Waals surface area contributed by atoms with Crippen molar-refractivity contribution in [2.45, 2.75) is 110 Å². The van der Waals surface area contributed by atoms with Crippen molar-refractivity contribution >= 4 is 6.29 Å². The molecule has 4 saturated carbocycles. The van der Waals surface area contributed by atoms with Crippen LogP contribution in [0.1, 0.15) is 90.8 Å². The van der Waals surface area contributed by atoms with E-state index in [1.165, 1.54) is 25.5 Å². The van der Waals surface area contributed by atoms with Gasteiger partial charge in [-0.25, -0.2) is 0 Å². The van der Waals surface area contributed by atoms with Gasteiger partial charge in [0.15, 0.2) is 5.82 Å². The third-order valence-electron chi connectivity index (χ3n) is 11.6. The number of methoxy groups -OCH3 is 1. The molecular weight excluding hydrogens is 428 g/mol. The van der Waals surface area contributed by atoms with Gasteiger partial charge in [-0.05, 0) is 119 Å². The molecule has 4 aliphatic carbocycles. The van der Waals surface area contributed by atoms with E-state index in [-0.39, 0.29) is 22.3 Å². The highest BCUT2D eigenvalue weighted by molar-refractivity contribution is 5.62. The predicted molar refractivity (Wildman–Crippen MR) is 129 cm³/mol. The number of carbonyl (C=O) groups excluding carboxylic acids is 1. The van der Waals surface area contributed by atoms with Crippen molar-refractivity contribution in [3.63, 3.8) is 0 Å². The first-order chi connectivity index (χ1) is 16.1. The molecule has 4 fully saturated rings. The number of aryl methyl sites for hydroxylation is 2. The van der Waals surface area contributed by atoms with E-state index < -0.39 is 5.60 Å². The molecule has 34 heavy (non-hydrogen) atoms. The quantitative estimate of drug-likeness (QED) is 0.619. The molecule has 0 saturated heterocycles. The minimum Gasteiger partial charge on any atom is -0.390 e. The molecule has 0 aromatic carbocycles. The first kappa shape index (κ1) is 24.4. The van der Waals surface area contributed by atoms with E-state index >= 15 is 0 Å². The lowest BCUT2D eigenvalue weighted by molar-refractivity contribution is -0.202. The van der Waals surface area contributed by atoms with Crippen molar-refractivity contribution in [1.82, 2.24) is 20.2 Å². The van der Waals surface area contributed by atoms with E-state index in [1.54, 1.807) is 4.80 Å². The maximum atomic E-state index is 12.8. The highest BCUT2D eigenvalue weighted by Gasteiger charge is 2.67. The van der Waals surface area contributed by atoms with Crippen LogP contribution in [0.5, 0.6) is 0 Å². The summed E-state index contributed by atoms with van der Waals surface area (Å²) in [4.78, 5) is 14.4. The summed E-state index contributed by atoms with van der Waals surface area (Å²) in [6.07, 6.45) is 11.9. The zero-order valence-electron chi connectivity index (χ0n) is 21.8. The van der Waals surface area contributed by atoms with Crippen LogP contribution in [0.2, 0.25) is 0 Å². The average molecular weight is 473 g/mol. The molecule has 0 radical (unpaired) electrons. The maximum Gasteiger partial charge on any atom is 0.171 e. The number of hydrogen-bond acceptors (Lipinski definition) is 6. The summed E-state index contributed by atoms with van der Waals surface area (Å²) in [7, 11) is 1.87. The molecule has 1 aromatic heterocycles. The van der Waals surface area contributed by atoms with E-state index in [4.69, 9.17) is 4.74 Å². The monoisotopic (exact) mass is 472 g/mol. The Balaban J connectivity index is 1.43. The van der Waals surface area contributed by atoms with Crippen LogP contribution in [0.15, 0.2) is 0 Å². The van der Waals surface area contributed by atoms with Gasteiger partial charge in [-0.2, -0.15) is 4.80 Å². The molecule has 5 rings (SSSR count). The van der Waals surface area contributed by atoms with Gasteiger partial charge in [0.2, 0.25) is 0 Å². The highest BCUT2D eigenvalue weighted by atomic mass is 16.5. The van der Waals surface area contributed by atoms with Crippen LogP contribution in [0.25, 0.3) is 0 Å². The van der Waals surface area contributed by atoms with Crippen LogP contribution >= 0.6 is 0 Å². The summed E-state index contributed by atoms with van der Waals surface area (Å²) >= 11 is 0. The Morgan fingerprint density at radius 1 is 1.15 bits per heavy atom. The number of fused-ring (bicyclic) bond motifs is 5. The average Bonchev–Trinajstić information content (AvgIpc) is 3.36. The second-order valence-corrected chi connectivity index (χ2v) is 12.8. The van der Waals surface area contributed by atoms with Gasteiger partial charge in [0, 0.05) is 17.9 Å². The van der Waals surface area contributed by atoms with Crippen LogP contribution < -0.4 is 0 Å². The molecule has 1 aromatic rings. The topological polar surface area (TPSA) is 90.1 Å². The smallest absolute Gasteiger partial charge is 0.171 e. The lowest BCUT2D eigenvalue weighted by Gasteiger charge is -2.64. The SMILES string of the molecule is COC(C)[C@]12CC[C@@](C)(O)C[C@H]1CC[C@@H]1[C@@H]2CC[C@@]2(C)[C@H]1CC[C@@]2(C=O)CCn1nnc(C)n1. The third kappa shape index (κ3) is 3.43. The molecule has 0 bridgehead atoms. The fraction of sp³-hybridized carbons (Fsp3) is 0.926. The number of aldehydes is 1. The van der Waals surface area contributed by atoms with Gasteiger partial charge in [-0.15, -0.1) is 10.2 Å². The van der Waals surface area contributed by atoms with Crippen molar-refractivity contribution in [3.8, 4) is 0 Å². The summed E-state index contributed by atoms with van der Waals surface area (Å²) in [6, 6.07) is 0. The molecule has 0 aliphatic heterocycles. The van der Waals surface area contributed by atoms with E-state index in [9.17, 15) is 9.90 Å². The summed E-state index contributed by atoms with van der Waals surface area (Å²) in [5.41, 5.74) is -0.686. The zero-order chi connectivity index (χ0) is 24.4. The fourth-order valence-electron chi connectivity index (χ4n) is 9.73. The number of nitrogens with zero attached hydrogens (tertiary/aromatic N) is 4. The van der Waals surface area contributed by atoms with E-state index in [2.05, 4.69) is 29.3 Å². The second kappa shape index (κ2) is 8.36. The van der Waals surface area contributed by atoms with Gasteiger partial charge in [-0.3, -0.25) is 0 Å². The minimum absolute atomic E-state index is 0.0238. The van der Waals surface area contributed by atoms with Crippen molar-refractivity contribution < 1.29 is 14.6 Å². The first-order valence-corrected chi connectivity index (χ1v) is 13.6. The number of aromatic nitrogens is 4. The van der Waals surface area contributed by atoms with Gasteiger partial charge >= 0.3 is 0 Å². The summed E-state index contributed by atoms with van der Waals surface area (Å²) in [6.45, 7) is 9.22. The van der Waals surface area contributed by atoms with Gasteiger partial charge in [0.1, 0.15) is 6.29 Å². The molecule has 0 spiro atoms. The maximum absolute atomic E-state index is 12.8. The Labute approximate surface area is 204 Å². The Morgan fingerprint density at radius 2 is 1.91 bits per heavy atom. The summed E-state index contributed by atoms with van der Waals surface area (Å²) < 4.78 is 6.09. The third-order valence-corrected chi connectivity index (χ3v) is 11.6. The van der Waals surface area contributed by atoms with Crippen LogP contribution in [-0.2, 0) is 16.1 Å². The number of hydrogen-bond donors (Lipinski definition) is 1. The molecule has 7 heteroatoms. The Morgan fingerprint density at radius 3 is 2.59 bits per heavy atom. The largest absolute Gasteiger partial charge is 0.390 e. The van der Waals surface area contributed by atoms with Crippen LogP contribution in [0.4, 0.5) is 0 Å². The number of carbonyl (C=O) groups is 1. The lowest BCUT2D eigenvalue weighted by Crippen LogP contribution is -2.61. The van der Waals surface area contributed by atoms with E-state index in [0.29, 0.717) is 36.0 Å². The van der Waals surface area contributed by atoms with Gasteiger partial charge < -0.3 is 14.6 Å². The molecule has 7 nitrogen and oxygen atoms in total. The van der Waals surface area contributed by atoms with E-state index in [1.807, 2.05) is 21.0 Å². The number of ether oxygens (including phenoxy) is 1. The summed E-state index contributed by atoms with van der Waals surface area (Å²) in [5, 5.41) is 23.5. The molecule has 9 atom stereocenters. The Hall–Kier alpha value is -1.34. The van der Waals surface area contributed by atoms with Gasteiger partial charge in [-0.1, -0.05) is 6.92 Å². The Kier molecular flexibility index (Phi) is 5.99. The van der Waals surface area contributed by atoms with Crippen molar-refractivity contribution in [2.24, 2.45) is 39.9 Å². The lowest BCUT2D eigenvalue weighted by atomic mass is 9.41. The van der Waals surface area contributed by atoms with Crippen molar-refractivity contribution in [3.05, 3.63) is 5.82 Å².